The molecule has 0 aromatic carbocycles. The highest BCUT2D eigenvalue weighted by molar-refractivity contribution is 6.42. The molecule has 1 atom stereocenters. The lowest BCUT2D eigenvalue weighted by molar-refractivity contribution is -0.125. The number of rotatable bonds is 4. The molecule has 0 rings (SSSR count). The number of nitrogens with zero attached hydrogens (tertiary/aromatic N) is 2. The van der Waals surface area contributed by atoms with Gasteiger partial charge in [-0.15, -0.1) is 0 Å². The van der Waals surface area contributed by atoms with E-state index in [4.69, 9.17) is 52.8 Å². The summed E-state index contributed by atoms with van der Waals surface area (Å²) in [5.74, 6) is -1.26. The van der Waals surface area contributed by atoms with Crippen LogP contribution in [0.4, 0.5) is 0 Å². The second kappa shape index (κ2) is 6.53. The molecular weight excluding hydrogens is 276 g/mol. The summed E-state index contributed by atoms with van der Waals surface area (Å²) in [6, 6.07) is -0.956. The third kappa shape index (κ3) is 5.07. The van der Waals surface area contributed by atoms with Gasteiger partial charge in [0.15, 0.2) is 0 Å². The lowest BCUT2D eigenvalue weighted by Crippen LogP contribution is -2.36. The minimum Gasteiger partial charge on any atom is -0.320 e. The molecule has 0 spiro atoms. The highest BCUT2D eigenvalue weighted by atomic mass is 35.5. The Labute approximate surface area is 101 Å². The first-order valence-corrected chi connectivity index (χ1v) is 4.77. The van der Waals surface area contributed by atoms with E-state index in [1.54, 1.807) is 0 Å². The molecule has 2 amide bonds. The van der Waals surface area contributed by atoms with Crippen LogP contribution in [0, 0.1) is 0 Å². The summed E-state index contributed by atoms with van der Waals surface area (Å²) in [5, 5.41) is 0. The molecule has 0 aliphatic rings. The Balaban J connectivity index is 3.91. The third-order valence-electron chi connectivity index (χ3n) is 1.34. The molecule has 0 bridgehead atoms. The van der Waals surface area contributed by atoms with Gasteiger partial charge in [0, 0.05) is 53.5 Å². The van der Waals surface area contributed by atoms with Crippen LogP contribution in [0.2, 0.25) is 0 Å². The van der Waals surface area contributed by atoms with Gasteiger partial charge in [-0.2, -0.15) is 7.88 Å². The number of halogens is 4. The number of nitrogens with two attached hydrogens (primary N) is 1. The van der Waals surface area contributed by atoms with Crippen molar-refractivity contribution in [1.29, 1.82) is 0 Å². The number of carbonyl (C=O) groups excluding carboxylic acids is 2. The van der Waals surface area contributed by atoms with Gasteiger partial charge in [-0.3, -0.25) is 9.59 Å². The van der Waals surface area contributed by atoms with Crippen LogP contribution in [0.5, 0.6) is 0 Å². The minimum absolute atomic E-state index is 0.0591. The van der Waals surface area contributed by atoms with E-state index in [1.807, 2.05) is 0 Å². The summed E-state index contributed by atoms with van der Waals surface area (Å²) in [4.78, 5) is 21.8. The number of hydrogen-bond donors (Lipinski definition) is 1. The normalized spacial score (nSPS) is 12.1. The third-order valence-corrected chi connectivity index (χ3v) is 2.05. The number of amides is 2. The van der Waals surface area contributed by atoms with Gasteiger partial charge in [-0.05, 0) is 6.42 Å². The Bertz CT molecular complexity index is 223. The molecule has 9 heteroatoms. The van der Waals surface area contributed by atoms with Gasteiger partial charge in [0.1, 0.15) is 0 Å². The fraction of sp³-hybridized carbons (Fsp3) is 0.600. The average Bonchev–Trinajstić information content (AvgIpc) is 2.11. The van der Waals surface area contributed by atoms with Gasteiger partial charge in [0.2, 0.25) is 0 Å². The monoisotopic (exact) mass is 281 g/mol. The van der Waals surface area contributed by atoms with Crippen LogP contribution in [0.3, 0.4) is 0 Å². The van der Waals surface area contributed by atoms with Crippen LogP contribution in [-0.2, 0) is 9.59 Å². The average molecular weight is 283 g/mol. The zero-order valence-corrected chi connectivity index (χ0v) is 9.82. The summed E-state index contributed by atoms with van der Waals surface area (Å²) in [6.45, 7) is 0. The minimum atomic E-state index is -0.956. The maximum Gasteiger partial charge on any atom is 0.268 e. The van der Waals surface area contributed by atoms with Crippen LogP contribution in [0.1, 0.15) is 12.8 Å². The Morgan fingerprint density at radius 1 is 1.14 bits per heavy atom. The quantitative estimate of drug-likeness (QED) is 0.792. The molecule has 0 aliphatic heterocycles. The van der Waals surface area contributed by atoms with E-state index in [2.05, 4.69) is 0 Å². The van der Waals surface area contributed by atoms with Crippen LogP contribution < -0.4 is 5.73 Å². The zero-order chi connectivity index (χ0) is 11.3. The largest absolute Gasteiger partial charge is 0.320 e. The van der Waals surface area contributed by atoms with Gasteiger partial charge in [0.05, 0.1) is 6.04 Å². The van der Waals surface area contributed by atoms with Crippen molar-refractivity contribution in [1.82, 2.24) is 7.88 Å². The molecule has 0 aliphatic carbocycles. The molecule has 0 fully saturated rings. The van der Waals surface area contributed by atoms with Crippen molar-refractivity contribution >= 4 is 58.9 Å². The van der Waals surface area contributed by atoms with E-state index in [1.165, 1.54) is 0 Å². The van der Waals surface area contributed by atoms with Crippen molar-refractivity contribution in [3.63, 3.8) is 0 Å². The molecule has 5 nitrogen and oxygen atoms in total. The highest BCUT2D eigenvalue weighted by Gasteiger charge is 2.20. The first-order valence-electron chi connectivity index (χ1n) is 3.42. The standard InChI is InChI=1S/C5H7Cl4N3O2/c6-11(7)4(13)2-1-3(10)5(14)12(8)9/h3H,1-2,10H2. The molecule has 0 aromatic heterocycles. The number of hydrogen-bond acceptors (Lipinski definition) is 3. The molecule has 0 saturated heterocycles. The highest BCUT2D eigenvalue weighted by Crippen LogP contribution is 2.09. The fourth-order valence-corrected chi connectivity index (χ4v) is 1.03. The first-order chi connectivity index (χ1) is 6.36. The molecule has 82 valence electrons. The van der Waals surface area contributed by atoms with Crippen molar-refractivity contribution in [3.8, 4) is 0 Å². The van der Waals surface area contributed by atoms with Crippen LogP contribution in [0.15, 0.2) is 0 Å². The lowest BCUT2D eigenvalue weighted by Gasteiger charge is -2.11. The Hall–Kier alpha value is 0.0600. The molecule has 0 radical (unpaired) electrons. The van der Waals surface area contributed by atoms with Crippen molar-refractivity contribution in [2.45, 2.75) is 18.9 Å². The van der Waals surface area contributed by atoms with Crippen LogP contribution in [-0.4, -0.2) is 25.7 Å². The van der Waals surface area contributed by atoms with E-state index >= 15 is 0 Å². The molecule has 0 saturated carbocycles. The Morgan fingerprint density at radius 2 is 1.64 bits per heavy atom. The van der Waals surface area contributed by atoms with Gasteiger partial charge < -0.3 is 5.73 Å². The predicted octanol–water partition coefficient (Wildman–Crippen LogP) is 1.37. The van der Waals surface area contributed by atoms with Crippen molar-refractivity contribution in [3.05, 3.63) is 0 Å². The maximum absolute atomic E-state index is 11.0. The van der Waals surface area contributed by atoms with Gasteiger partial charge in [0.25, 0.3) is 11.8 Å². The van der Waals surface area contributed by atoms with Crippen LogP contribution >= 0.6 is 47.1 Å². The van der Waals surface area contributed by atoms with E-state index in [0.717, 1.165) is 0 Å². The summed E-state index contributed by atoms with van der Waals surface area (Å²) in [7, 11) is 0. The Morgan fingerprint density at radius 3 is 2.00 bits per heavy atom. The van der Waals surface area contributed by atoms with Crippen molar-refractivity contribution < 1.29 is 9.59 Å². The molecule has 2 N–H and O–H groups in total. The topological polar surface area (TPSA) is 66.6 Å². The molecule has 1 unspecified atom stereocenters. The summed E-state index contributed by atoms with van der Waals surface area (Å²) in [5.41, 5.74) is 5.35. The van der Waals surface area contributed by atoms with Gasteiger partial charge in [-0.1, -0.05) is 0 Å². The van der Waals surface area contributed by atoms with E-state index in [0.29, 0.717) is 7.88 Å². The first kappa shape index (κ1) is 14.1. The summed E-state index contributed by atoms with van der Waals surface area (Å²) < 4.78 is 0.685. The van der Waals surface area contributed by atoms with E-state index < -0.39 is 17.9 Å². The van der Waals surface area contributed by atoms with Crippen molar-refractivity contribution in [2.75, 3.05) is 0 Å². The second-order valence-electron chi connectivity index (χ2n) is 2.34. The van der Waals surface area contributed by atoms with E-state index in [9.17, 15) is 9.59 Å². The Kier molecular flexibility index (Phi) is 6.55. The molecular formula is C5H7Cl4N3O2. The predicted molar refractivity (Wildman–Crippen MR) is 54.3 cm³/mol. The van der Waals surface area contributed by atoms with Crippen LogP contribution in [0.25, 0.3) is 0 Å². The number of carbonyl (C=O) groups is 2. The van der Waals surface area contributed by atoms with Crippen molar-refractivity contribution in [2.24, 2.45) is 5.73 Å². The lowest BCUT2D eigenvalue weighted by atomic mass is 10.1. The van der Waals surface area contributed by atoms with Gasteiger partial charge >= 0.3 is 0 Å². The second-order valence-corrected chi connectivity index (χ2v) is 4.04. The fourth-order valence-electron chi connectivity index (χ4n) is 0.612. The maximum atomic E-state index is 11.0. The zero-order valence-electron chi connectivity index (χ0n) is 6.79. The molecule has 14 heavy (non-hydrogen) atoms. The van der Waals surface area contributed by atoms with Gasteiger partial charge in [-0.25, -0.2) is 0 Å². The molecule has 0 heterocycles. The van der Waals surface area contributed by atoms with E-state index in [-0.39, 0.29) is 12.8 Å². The smallest absolute Gasteiger partial charge is 0.268 e. The molecule has 0 aromatic rings. The SMILES string of the molecule is NC(CCC(=O)N(Cl)Cl)C(=O)N(Cl)Cl. The summed E-state index contributed by atoms with van der Waals surface area (Å²) in [6.07, 6.45) is -0.00886. The summed E-state index contributed by atoms with van der Waals surface area (Å²) >= 11 is 20.5.